The zero-order chi connectivity index (χ0) is 19.5. The largest absolute Gasteiger partial charge is 0.423 e. The monoisotopic (exact) mass is 415 g/mol. The van der Waals surface area contributed by atoms with Gasteiger partial charge in [0.25, 0.3) is 0 Å². The van der Waals surface area contributed by atoms with Crippen molar-refractivity contribution in [2.75, 3.05) is 13.1 Å². The zero-order valence-electron chi connectivity index (χ0n) is 14.6. The van der Waals surface area contributed by atoms with E-state index < -0.39 is 16.0 Å². The molecule has 0 radical (unpaired) electrons. The first-order valence-corrected chi connectivity index (χ1v) is 10.2. The maximum atomic E-state index is 12.6. The lowest BCUT2D eigenvalue weighted by molar-refractivity contribution is 0.0733. The van der Waals surface area contributed by atoms with E-state index in [9.17, 15) is 13.2 Å². The summed E-state index contributed by atoms with van der Waals surface area (Å²) in [6.07, 6.45) is 0. The van der Waals surface area contributed by atoms with Crippen LogP contribution in [0.15, 0.2) is 41.3 Å². The first kappa shape index (κ1) is 20.7. The number of carbonyl (C=O) groups excluding carboxylic acids is 1. The highest BCUT2D eigenvalue weighted by Crippen LogP contribution is 2.26. The Labute approximate surface area is 163 Å². The van der Waals surface area contributed by atoms with E-state index in [4.69, 9.17) is 27.9 Å². The summed E-state index contributed by atoms with van der Waals surface area (Å²) in [6.45, 7) is 5.89. The van der Waals surface area contributed by atoms with E-state index in [1.54, 1.807) is 39.0 Å². The van der Waals surface area contributed by atoms with Crippen LogP contribution in [0.5, 0.6) is 5.75 Å². The summed E-state index contributed by atoms with van der Waals surface area (Å²) in [5, 5.41) is 0.632. The molecule has 0 heterocycles. The highest BCUT2D eigenvalue weighted by atomic mass is 35.5. The molecule has 0 amide bonds. The number of nitrogens with zero attached hydrogens (tertiary/aromatic N) is 1. The van der Waals surface area contributed by atoms with Gasteiger partial charge in [0.2, 0.25) is 10.0 Å². The van der Waals surface area contributed by atoms with Crippen LogP contribution in [0.2, 0.25) is 10.0 Å². The summed E-state index contributed by atoms with van der Waals surface area (Å²) < 4.78 is 32.0. The number of sulfonamides is 1. The summed E-state index contributed by atoms with van der Waals surface area (Å²) in [5.41, 5.74) is 0.656. The topological polar surface area (TPSA) is 63.7 Å². The van der Waals surface area contributed by atoms with E-state index in [0.717, 1.165) is 0 Å². The molecule has 0 N–H and O–H groups in total. The number of halogens is 2. The lowest BCUT2D eigenvalue weighted by atomic mass is 10.2. The van der Waals surface area contributed by atoms with Gasteiger partial charge in [-0.3, -0.25) is 0 Å². The number of esters is 1. The summed E-state index contributed by atoms with van der Waals surface area (Å²) in [5.74, 6) is -0.413. The number of rotatable bonds is 6. The second kappa shape index (κ2) is 8.39. The molecule has 0 atom stereocenters. The van der Waals surface area contributed by atoms with Crippen LogP contribution in [0.4, 0.5) is 0 Å². The maximum Gasteiger partial charge on any atom is 0.345 e. The average molecular weight is 416 g/mol. The zero-order valence-corrected chi connectivity index (χ0v) is 17.0. The Morgan fingerprint density at radius 1 is 1.08 bits per heavy atom. The minimum absolute atomic E-state index is 0.00891. The molecule has 2 aromatic rings. The van der Waals surface area contributed by atoms with Crippen molar-refractivity contribution < 1.29 is 17.9 Å². The lowest BCUT2D eigenvalue weighted by Gasteiger charge is -2.19. The number of ether oxygens (including phenoxy) is 1. The van der Waals surface area contributed by atoms with Gasteiger partial charge in [-0.05, 0) is 48.9 Å². The number of benzene rings is 2. The molecule has 0 spiro atoms. The Bertz CT molecular complexity index is 925. The van der Waals surface area contributed by atoms with E-state index in [2.05, 4.69) is 0 Å². The van der Waals surface area contributed by atoms with Gasteiger partial charge in [0.1, 0.15) is 5.75 Å². The summed E-state index contributed by atoms with van der Waals surface area (Å²) in [6, 6.07) is 8.82. The van der Waals surface area contributed by atoms with E-state index in [0.29, 0.717) is 29.4 Å². The van der Waals surface area contributed by atoms with Gasteiger partial charge in [0.05, 0.1) is 15.5 Å². The fourth-order valence-corrected chi connectivity index (χ4v) is 4.32. The molecule has 5 nitrogen and oxygen atoms in total. The van der Waals surface area contributed by atoms with Crippen LogP contribution in [-0.4, -0.2) is 31.8 Å². The molecule has 26 heavy (non-hydrogen) atoms. The summed E-state index contributed by atoms with van der Waals surface area (Å²) in [7, 11) is -3.71. The number of carbonyl (C=O) groups is 1. The molecule has 2 aromatic carbocycles. The molecule has 8 heteroatoms. The molecule has 0 bridgehead atoms. The van der Waals surface area contributed by atoms with Crippen molar-refractivity contribution in [1.82, 2.24) is 4.31 Å². The van der Waals surface area contributed by atoms with Crippen molar-refractivity contribution in [2.45, 2.75) is 25.7 Å². The molecular weight excluding hydrogens is 397 g/mol. The molecule has 0 unspecified atom stereocenters. The highest BCUT2D eigenvalue weighted by molar-refractivity contribution is 7.89. The Morgan fingerprint density at radius 2 is 1.73 bits per heavy atom. The smallest absolute Gasteiger partial charge is 0.345 e. The minimum atomic E-state index is -3.71. The van der Waals surface area contributed by atoms with Crippen LogP contribution < -0.4 is 4.74 Å². The number of aryl methyl sites for hydroxylation is 1. The molecule has 140 valence electrons. The second-order valence-corrected chi connectivity index (χ2v) is 8.31. The fraction of sp³-hybridized carbons (Fsp3) is 0.278. The Kier molecular flexibility index (Phi) is 6.69. The van der Waals surface area contributed by atoms with Crippen molar-refractivity contribution in [1.29, 1.82) is 0 Å². The van der Waals surface area contributed by atoms with Gasteiger partial charge < -0.3 is 4.74 Å². The standard InChI is InChI=1S/C18H19Cl2NO4S/c1-4-21(5-2)26(23,24)14-7-8-16(20)15(11-14)18(22)25-17-9-6-13(19)10-12(17)3/h6-11H,4-5H2,1-3H3. The Balaban J connectivity index is 2.39. The maximum absolute atomic E-state index is 12.6. The predicted molar refractivity (Wildman–Crippen MR) is 103 cm³/mol. The second-order valence-electron chi connectivity index (χ2n) is 5.53. The van der Waals surface area contributed by atoms with Crippen LogP contribution in [0, 0.1) is 6.92 Å². The molecule has 0 saturated heterocycles. The van der Waals surface area contributed by atoms with Gasteiger partial charge in [-0.1, -0.05) is 37.0 Å². The van der Waals surface area contributed by atoms with Gasteiger partial charge in [-0.25, -0.2) is 13.2 Å². The first-order chi connectivity index (χ1) is 12.2. The molecule has 0 aromatic heterocycles. The normalized spacial score (nSPS) is 11.6. The summed E-state index contributed by atoms with van der Waals surface area (Å²) in [4.78, 5) is 12.5. The molecule has 0 saturated carbocycles. The minimum Gasteiger partial charge on any atom is -0.423 e. The highest BCUT2D eigenvalue weighted by Gasteiger charge is 2.24. The van der Waals surface area contributed by atoms with E-state index in [1.807, 2.05) is 0 Å². The number of hydrogen-bond acceptors (Lipinski definition) is 4. The first-order valence-electron chi connectivity index (χ1n) is 7.98. The quantitative estimate of drug-likeness (QED) is 0.512. The Morgan fingerprint density at radius 3 is 2.31 bits per heavy atom. The van der Waals surface area contributed by atoms with Gasteiger partial charge in [0, 0.05) is 18.1 Å². The van der Waals surface area contributed by atoms with Crippen LogP contribution in [0.1, 0.15) is 29.8 Å². The Hall–Kier alpha value is -1.60. The molecular formula is C18H19Cl2NO4S. The van der Waals surface area contributed by atoms with Gasteiger partial charge in [0.15, 0.2) is 0 Å². The third kappa shape index (κ3) is 4.38. The van der Waals surface area contributed by atoms with E-state index in [1.165, 1.54) is 22.5 Å². The van der Waals surface area contributed by atoms with E-state index >= 15 is 0 Å². The van der Waals surface area contributed by atoms with Gasteiger partial charge in [-0.2, -0.15) is 4.31 Å². The molecule has 2 rings (SSSR count). The SMILES string of the molecule is CCN(CC)S(=O)(=O)c1ccc(Cl)c(C(=O)Oc2ccc(Cl)cc2C)c1. The third-order valence-electron chi connectivity index (χ3n) is 3.84. The third-order valence-corrected chi connectivity index (χ3v) is 6.45. The van der Waals surface area contributed by atoms with Crippen LogP contribution in [-0.2, 0) is 10.0 Å². The average Bonchev–Trinajstić information content (AvgIpc) is 2.58. The summed E-state index contributed by atoms with van der Waals surface area (Å²) >= 11 is 12.0. The fourth-order valence-electron chi connectivity index (χ4n) is 2.42. The van der Waals surface area contributed by atoms with Crippen molar-refractivity contribution in [2.24, 2.45) is 0 Å². The molecule has 0 aliphatic heterocycles. The van der Waals surface area contributed by atoms with Crippen molar-refractivity contribution >= 4 is 39.2 Å². The van der Waals surface area contributed by atoms with Gasteiger partial charge in [-0.15, -0.1) is 0 Å². The molecule has 0 fully saturated rings. The number of hydrogen-bond donors (Lipinski definition) is 0. The van der Waals surface area contributed by atoms with Crippen LogP contribution >= 0.6 is 23.2 Å². The molecule has 0 aliphatic carbocycles. The van der Waals surface area contributed by atoms with Crippen molar-refractivity contribution in [3.8, 4) is 5.75 Å². The molecule has 0 aliphatic rings. The lowest BCUT2D eigenvalue weighted by Crippen LogP contribution is -2.30. The predicted octanol–water partition coefficient (Wildman–Crippen LogP) is 4.55. The van der Waals surface area contributed by atoms with Crippen molar-refractivity contribution in [3.63, 3.8) is 0 Å². The van der Waals surface area contributed by atoms with E-state index in [-0.39, 0.29) is 15.5 Å². The van der Waals surface area contributed by atoms with Crippen LogP contribution in [0.3, 0.4) is 0 Å². The van der Waals surface area contributed by atoms with Gasteiger partial charge >= 0.3 is 5.97 Å². The van der Waals surface area contributed by atoms with Crippen LogP contribution in [0.25, 0.3) is 0 Å². The van der Waals surface area contributed by atoms with Crippen molar-refractivity contribution in [3.05, 3.63) is 57.6 Å².